The normalized spacial score (nSPS) is 14.6. The van der Waals surface area contributed by atoms with Crippen molar-refractivity contribution in [1.82, 2.24) is 5.32 Å². The van der Waals surface area contributed by atoms with Gasteiger partial charge in [0, 0.05) is 12.5 Å². The molecule has 1 saturated heterocycles. The SMILES string of the molecule is CC(=O)O.COc1ccc(-c2ccc(C=C3SC(=Nc4cc[c-]cc4)NC3=O)c(F)c2)cc1.[Na+]. The summed E-state index contributed by atoms with van der Waals surface area (Å²) < 4.78 is 19.8. The van der Waals surface area contributed by atoms with Crippen molar-refractivity contribution in [1.29, 1.82) is 0 Å². The third-order valence-electron chi connectivity index (χ3n) is 4.29. The molecule has 0 radical (unpaired) electrons. The van der Waals surface area contributed by atoms with Gasteiger partial charge in [0.15, 0.2) is 5.17 Å². The van der Waals surface area contributed by atoms with Gasteiger partial charge in [-0.3, -0.25) is 14.6 Å². The minimum Gasteiger partial charge on any atom is -0.497 e. The summed E-state index contributed by atoms with van der Waals surface area (Å²) in [6.45, 7) is 1.08. The molecule has 1 heterocycles. The van der Waals surface area contributed by atoms with Crippen LogP contribution in [0.3, 0.4) is 0 Å². The molecule has 168 valence electrons. The van der Waals surface area contributed by atoms with Crippen LogP contribution in [0.15, 0.2) is 76.6 Å². The number of halogens is 1. The second kappa shape index (κ2) is 13.1. The average Bonchev–Trinajstić information content (AvgIpc) is 3.14. The number of amides is 1. The van der Waals surface area contributed by atoms with Crippen LogP contribution in [-0.2, 0) is 9.59 Å². The van der Waals surface area contributed by atoms with Crippen LogP contribution in [0.25, 0.3) is 17.2 Å². The molecule has 34 heavy (non-hydrogen) atoms. The maximum absolute atomic E-state index is 14.7. The first-order valence-electron chi connectivity index (χ1n) is 9.75. The zero-order valence-electron chi connectivity index (χ0n) is 18.8. The molecule has 0 saturated carbocycles. The van der Waals surface area contributed by atoms with E-state index in [-0.39, 0.29) is 35.5 Å². The fourth-order valence-electron chi connectivity index (χ4n) is 2.80. The molecule has 1 fully saturated rings. The standard InChI is InChI=1S/C23H16FN2O2S.C2H4O2.Na/c1-28-19-11-9-15(10-12-19)16-7-8-17(20(24)13-16)14-21-22(27)26-23(29-21)25-18-5-3-2-4-6-18;1-2(3)4;/h3-14H,1H3,(H,25,26,27);1H3,(H,3,4);/q-1;;+1. The summed E-state index contributed by atoms with van der Waals surface area (Å²) >= 11 is 1.18. The number of ether oxygens (including phenoxy) is 1. The van der Waals surface area contributed by atoms with E-state index in [1.807, 2.05) is 30.3 Å². The van der Waals surface area contributed by atoms with Gasteiger partial charge in [-0.1, -0.05) is 24.3 Å². The van der Waals surface area contributed by atoms with E-state index < -0.39 is 11.8 Å². The maximum atomic E-state index is 14.7. The van der Waals surface area contributed by atoms with Gasteiger partial charge in [0.1, 0.15) is 11.6 Å². The topological polar surface area (TPSA) is 88.0 Å². The van der Waals surface area contributed by atoms with Gasteiger partial charge >= 0.3 is 29.6 Å². The van der Waals surface area contributed by atoms with Gasteiger partial charge in [-0.05, 0) is 52.9 Å². The fourth-order valence-corrected chi connectivity index (χ4v) is 3.63. The van der Waals surface area contributed by atoms with E-state index in [1.54, 1.807) is 37.4 Å². The number of nitrogens with one attached hydrogen (secondary N) is 1. The second-order valence-corrected chi connectivity index (χ2v) is 7.75. The molecule has 1 aliphatic heterocycles. The first-order valence-corrected chi connectivity index (χ1v) is 10.6. The number of nitrogens with zero attached hydrogens (tertiary/aromatic N) is 1. The van der Waals surface area contributed by atoms with Gasteiger partial charge in [-0.2, -0.15) is 18.2 Å². The second-order valence-electron chi connectivity index (χ2n) is 6.72. The molecule has 0 aliphatic carbocycles. The molecule has 0 atom stereocenters. The van der Waals surface area contributed by atoms with Gasteiger partial charge < -0.3 is 15.2 Å². The van der Waals surface area contributed by atoms with Crippen LogP contribution in [0.5, 0.6) is 5.75 Å². The van der Waals surface area contributed by atoms with E-state index in [0.717, 1.165) is 23.8 Å². The summed E-state index contributed by atoms with van der Waals surface area (Å²) in [5.41, 5.74) is 2.68. The van der Waals surface area contributed by atoms with E-state index in [1.165, 1.54) is 23.9 Å². The Morgan fingerprint density at radius 2 is 1.74 bits per heavy atom. The predicted molar refractivity (Wildman–Crippen MR) is 128 cm³/mol. The first-order chi connectivity index (χ1) is 15.9. The van der Waals surface area contributed by atoms with Crippen LogP contribution >= 0.6 is 11.8 Å². The predicted octanol–water partition coefficient (Wildman–Crippen LogP) is 2.29. The van der Waals surface area contributed by atoms with Crippen molar-refractivity contribution in [3.63, 3.8) is 0 Å². The molecule has 0 bridgehead atoms. The number of aliphatic imine (C=N–C) groups is 1. The van der Waals surface area contributed by atoms with Crippen LogP contribution < -0.4 is 39.6 Å². The number of thioether (sulfide) groups is 1. The molecule has 1 aliphatic rings. The monoisotopic (exact) mass is 486 g/mol. The molecule has 4 rings (SSSR count). The number of hydrogen-bond acceptors (Lipinski definition) is 5. The number of carbonyl (C=O) groups excluding carboxylic acids is 1. The molecular formula is C25H20FN2NaO4S. The molecule has 2 N–H and O–H groups in total. The number of methoxy groups -OCH3 is 1. The quantitative estimate of drug-likeness (QED) is 0.336. The van der Waals surface area contributed by atoms with Gasteiger partial charge in [0.2, 0.25) is 0 Å². The number of amidine groups is 1. The minimum absolute atomic E-state index is 0. The number of benzene rings is 3. The smallest absolute Gasteiger partial charge is 0.497 e. The Kier molecular flexibility index (Phi) is 10.5. The Morgan fingerprint density at radius 1 is 1.12 bits per heavy atom. The number of rotatable bonds is 4. The van der Waals surface area contributed by atoms with Crippen molar-refractivity contribution in [2.24, 2.45) is 4.99 Å². The molecule has 0 spiro atoms. The Hall–Kier alpha value is -2.91. The number of hydrogen-bond donors (Lipinski definition) is 2. The number of carboxylic acids is 1. The summed E-state index contributed by atoms with van der Waals surface area (Å²) in [4.78, 5) is 26.0. The Bertz CT molecular complexity index is 1210. The minimum atomic E-state index is -0.833. The zero-order chi connectivity index (χ0) is 23.8. The van der Waals surface area contributed by atoms with Gasteiger partial charge in [-0.15, -0.1) is 12.1 Å². The molecular weight excluding hydrogens is 466 g/mol. The Balaban J connectivity index is 0.000000758. The van der Waals surface area contributed by atoms with E-state index in [9.17, 15) is 9.18 Å². The molecule has 3 aromatic rings. The van der Waals surface area contributed by atoms with Crippen LogP contribution in [0.4, 0.5) is 10.1 Å². The van der Waals surface area contributed by atoms with Crippen LogP contribution in [-0.4, -0.2) is 29.3 Å². The van der Waals surface area contributed by atoms with Gasteiger partial charge in [-0.25, -0.2) is 4.39 Å². The zero-order valence-corrected chi connectivity index (χ0v) is 21.7. The van der Waals surface area contributed by atoms with E-state index in [0.29, 0.717) is 21.3 Å². The average molecular weight is 487 g/mol. The van der Waals surface area contributed by atoms with Gasteiger partial charge in [0.25, 0.3) is 11.9 Å². The number of carboxylic acid groups (broad SMARTS) is 1. The molecule has 9 heteroatoms. The van der Waals surface area contributed by atoms with Crippen molar-refractivity contribution in [3.05, 3.63) is 89.1 Å². The van der Waals surface area contributed by atoms with E-state index in [4.69, 9.17) is 14.6 Å². The number of carbonyl (C=O) groups is 2. The van der Waals surface area contributed by atoms with Crippen molar-refractivity contribution < 1.29 is 53.4 Å². The third kappa shape index (κ3) is 7.85. The summed E-state index contributed by atoms with van der Waals surface area (Å²) in [5, 5.41) is 10.6. The molecule has 6 nitrogen and oxygen atoms in total. The van der Waals surface area contributed by atoms with Crippen LogP contribution in [0.1, 0.15) is 12.5 Å². The Labute approximate surface area is 223 Å². The summed E-state index contributed by atoms with van der Waals surface area (Å²) in [7, 11) is 1.60. The van der Waals surface area contributed by atoms with Crippen molar-refractivity contribution in [2.75, 3.05) is 7.11 Å². The first kappa shape index (κ1) is 27.3. The van der Waals surface area contributed by atoms with Crippen molar-refractivity contribution in [3.8, 4) is 16.9 Å². The Morgan fingerprint density at radius 3 is 2.32 bits per heavy atom. The molecule has 0 aromatic heterocycles. The summed E-state index contributed by atoms with van der Waals surface area (Å²) in [6, 6.07) is 22.3. The summed E-state index contributed by atoms with van der Waals surface area (Å²) in [5.74, 6) is -0.788. The molecule has 3 aromatic carbocycles. The summed E-state index contributed by atoms with van der Waals surface area (Å²) in [6.07, 6.45) is 1.54. The van der Waals surface area contributed by atoms with Crippen LogP contribution in [0, 0.1) is 11.9 Å². The molecule has 1 amide bonds. The molecule has 0 unspecified atom stereocenters. The maximum Gasteiger partial charge on any atom is 1.00 e. The van der Waals surface area contributed by atoms with Crippen molar-refractivity contribution in [2.45, 2.75) is 6.92 Å². The fraction of sp³-hybridized carbons (Fsp3) is 0.0800. The third-order valence-corrected chi connectivity index (χ3v) is 5.20. The van der Waals surface area contributed by atoms with Crippen molar-refractivity contribution >= 4 is 40.6 Å². The van der Waals surface area contributed by atoms with E-state index in [2.05, 4.69) is 16.4 Å². The van der Waals surface area contributed by atoms with Crippen LogP contribution in [0.2, 0.25) is 0 Å². The van der Waals surface area contributed by atoms with Gasteiger partial charge in [0.05, 0.1) is 12.0 Å². The van der Waals surface area contributed by atoms with E-state index >= 15 is 0 Å². The number of aliphatic carboxylic acids is 1. The largest absolute Gasteiger partial charge is 1.00 e.